The van der Waals surface area contributed by atoms with E-state index in [1.54, 1.807) is 9.58 Å². The molecule has 0 saturated heterocycles. The van der Waals surface area contributed by atoms with Crippen LogP contribution in [0.15, 0.2) is 30.3 Å². The second kappa shape index (κ2) is 5.93. The molecule has 0 bridgehead atoms. The van der Waals surface area contributed by atoms with E-state index in [9.17, 15) is 9.90 Å². The molecule has 116 valence electrons. The van der Waals surface area contributed by atoms with Crippen molar-refractivity contribution in [3.63, 3.8) is 0 Å². The maximum atomic E-state index is 12.7. The van der Waals surface area contributed by atoms with Crippen LogP contribution in [0.4, 0.5) is 0 Å². The van der Waals surface area contributed by atoms with Gasteiger partial charge in [-0.05, 0) is 37.5 Å². The molecule has 0 fully saturated rings. The molecule has 0 saturated carbocycles. The second-order valence-corrected chi connectivity index (χ2v) is 5.82. The van der Waals surface area contributed by atoms with Gasteiger partial charge in [0.1, 0.15) is 6.54 Å². The van der Waals surface area contributed by atoms with Gasteiger partial charge in [-0.1, -0.05) is 24.3 Å². The van der Waals surface area contributed by atoms with Crippen LogP contribution in [0.5, 0.6) is 0 Å². The Balaban J connectivity index is 1.82. The highest BCUT2D eigenvalue weighted by molar-refractivity contribution is 5.77. The van der Waals surface area contributed by atoms with E-state index in [1.165, 1.54) is 5.56 Å². The Morgan fingerprint density at radius 3 is 2.82 bits per heavy atom. The molecular weight excluding hydrogens is 278 g/mol. The maximum absolute atomic E-state index is 12.7. The number of aryl methyl sites for hydroxylation is 2. The first-order valence-corrected chi connectivity index (χ1v) is 7.59. The van der Waals surface area contributed by atoms with Gasteiger partial charge in [-0.3, -0.25) is 9.48 Å². The standard InChI is InChI=1S/C17H21N3O2/c1-12-9-13(2)20(18-12)10-17(22)19-8-7-14-5-3-4-6-15(14)16(19)11-21/h3-6,9,16,21H,7-8,10-11H2,1-2H3. The van der Waals surface area contributed by atoms with Gasteiger partial charge in [-0.15, -0.1) is 0 Å². The van der Waals surface area contributed by atoms with E-state index < -0.39 is 0 Å². The van der Waals surface area contributed by atoms with E-state index >= 15 is 0 Å². The summed E-state index contributed by atoms with van der Waals surface area (Å²) in [5.41, 5.74) is 4.16. The van der Waals surface area contributed by atoms with E-state index in [1.807, 2.05) is 38.1 Å². The SMILES string of the molecule is Cc1cc(C)n(CC(=O)N2CCc3ccccc3C2CO)n1. The molecule has 3 rings (SSSR count). The summed E-state index contributed by atoms with van der Waals surface area (Å²) >= 11 is 0. The lowest BCUT2D eigenvalue weighted by molar-refractivity contribution is -0.136. The number of benzene rings is 1. The average molecular weight is 299 g/mol. The molecule has 0 spiro atoms. The zero-order chi connectivity index (χ0) is 15.7. The van der Waals surface area contributed by atoms with E-state index in [-0.39, 0.29) is 25.1 Å². The van der Waals surface area contributed by atoms with E-state index in [4.69, 9.17) is 0 Å². The van der Waals surface area contributed by atoms with Crippen molar-refractivity contribution in [1.82, 2.24) is 14.7 Å². The van der Waals surface area contributed by atoms with Crippen molar-refractivity contribution in [3.05, 3.63) is 52.8 Å². The fourth-order valence-electron chi connectivity index (χ4n) is 3.20. The smallest absolute Gasteiger partial charge is 0.244 e. The molecule has 1 atom stereocenters. The molecule has 1 aliphatic heterocycles. The summed E-state index contributed by atoms with van der Waals surface area (Å²) in [6, 6.07) is 9.73. The van der Waals surface area contributed by atoms with E-state index in [0.717, 1.165) is 23.4 Å². The summed E-state index contributed by atoms with van der Waals surface area (Å²) in [5.74, 6) is -0.000229. The minimum atomic E-state index is -0.255. The maximum Gasteiger partial charge on any atom is 0.244 e. The number of aliphatic hydroxyl groups is 1. The number of rotatable bonds is 3. The summed E-state index contributed by atoms with van der Waals surface area (Å²) in [4.78, 5) is 14.4. The molecule has 1 aromatic heterocycles. The van der Waals surface area contributed by atoms with Crippen LogP contribution < -0.4 is 0 Å². The fraction of sp³-hybridized carbons (Fsp3) is 0.412. The van der Waals surface area contributed by atoms with Gasteiger partial charge in [-0.2, -0.15) is 5.10 Å². The van der Waals surface area contributed by atoms with E-state index in [0.29, 0.717) is 6.54 Å². The lowest BCUT2D eigenvalue weighted by atomic mass is 9.93. The number of fused-ring (bicyclic) bond motifs is 1. The largest absolute Gasteiger partial charge is 0.394 e. The Kier molecular flexibility index (Phi) is 3.98. The lowest BCUT2D eigenvalue weighted by Gasteiger charge is -2.36. The molecule has 2 aromatic rings. The van der Waals surface area contributed by atoms with Crippen LogP contribution in [-0.2, 0) is 17.8 Å². The van der Waals surface area contributed by atoms with Gasteiger partial charge in [0.15, 0.2) is 0 Å². The Morgan fingerprint density at radius 1 is 1.36 bits per heavy atom. The van der Waals surface area contributed by atoms with Crippen LogP contribution in [0.25, 0.3) is 0 Å². The second-order valence-electron chi connectivity index (χ2n) is 5.82. The molecule has 5 nitrogen and oxygen atoms in total. The summed E-state index contributed by atoms with van der Waals surface area (Å²) < 4.78 is 1.73. The highest BCUT2D eigenvalue weighted by atomic mass is 16.3. The van der Waals surface area contributed by atoms with Gasteiger partial charge < -0.3 is 10.0 Å². The molecule has 22 heavy (non-hydrogen) atoms. The highest BCUT2D eigenvalue weighted by Gasteiger charge is 2.30. The number of aromatic nitrogens is 2. The first kappa shape index (κ1) is 14.8. The van der Waals surface area contributed by atoms with Gasteiger partial charge in [0.25, 0.3) is 0 Å². The van der Waals surface area contributed by atoms with Crippen molar-refractivity contribution < 1.29 is 9.90 Å². The number of carbonyl (C=O) groups is 1. The van der Waals surface area contributed by atoms with Crippen LogP contribution >= 0.6 is 0 Å². The fourth-order valence-corrected chi connectivity index (χ4v) is 3.20. The number of aliphatic hydroxyl groups excluding tert-OH is 1. The summed E-state index contributed by atoms with van der Waals surface area (Å²) in [7, 11) is 0. The van der Waals surface area contributed by atoms with E-state index in [2.05, 4.69) is 11.2 Å². The zero-order valence-electron chi connectivity index (χ0n) is 13.0. The minimum Gasteiger partial charge on any atom is -0.394 e. The normalized spacial score (nSPS) is 17.4. The van der Waals surface area contributed by atoms with Crippen LogP contribution in [0.3, 0.4) is 0 Å². The Hall–Kier alpha value is -2.14. The molecule has 1 N–H and O–H groups in total. The molecule has 0 radical (unpaired) electrons. The first-order valence-electron chi connectivity index (χ1n) is 7.59. The third kappa shape index (κ3) is 2.64. The number of carbonyl (C=O) groups excluding carboxylic acids is 1. The number of hydrogen-bond donors (Lipinski definition) is 1. The van der Waals surface area contributed by atoms with Gasteiger partial charge in [0.05, 0.1) is 18.3 Å². The van der Waals surface area contributed by atoms with Crippen molar-refractivity contribution in [2.45, 2.75) is 32.9 Å². The number of hydrogen-bond acceptors (Lipinski definition) is 3. The monoisotopic (exact) mass is 299 g/mol. The minimum absolute atomic E-state index is 0.000229. The van der Waals surface area contributed by atoms with Gasteiger partial charge >= 0.3 is 0 Å². The summed E-state index contributed by atoms with van der Waals surface area (Å²) in [6.45, 7) is 4.67. The van der Waals surface area contributed by atoms with Crippen LogP contribution in [0.1, 0.15) is 28.6 Å². The molecule has 1 aliphatic rings. The first-order chi connectivity index (χ1) is 10.6. The average Bonchev–Trinajstić information content (AvgIpc) is 2.83. The van der Waals surface area contributed by atoms with Gasteiger partial charge in [-0.25, -0.2) is 0 Å². The van der Waals surface area contributed by atoms with Crippen molar-refractivity contribution in [2.24, 2.45) is 0 Å². The lowest BCUT2D eigenvalue weighted by Crippen LogP contribution is -2.43. The van der Waals surface area contributed by atoms with Crippen LogP contribution in [0, 0.1) is 13.8 Å². The molecule has 5 heteroatoms. The van der Waals surface area contributed by atoms with Crippen molar-refractivity contribution in [3.8, 4) is 0 Å². The molecule has 0 aliphatic carbocycles. The quantitative estimate of drug-likeness (QED) is 0.937. The van der Waals surface area contributed by atoms with Gasteiger partial charge in [0, 0.05) is 12.2 Å². The van der Waals surface area contributed by atoms with Crippen LogP contribution in [-0.4, -0.2) is 38.8 Å². The van der Waals surface area contributed by atoms with Gasteiger partial charge in [0.2, 0.25) is 5.91 Å². The topological polar surface area (TPSA) is 58.4 Å². The predicted molar refractivity (Wildman–Crippen MR) is 83.4 cm³/mol. The number of nitrogens with zero attached hydrogens (tertiary/aromatic N) is 3. The Morgan fingerprint density at radius 2 is 2.14 bits per heavy atom. The Labute approximate surface area is 130 Å². The van der Waals surface area contributed by atoms with Crippen molar-refractivity contribution >= 4 is 5.91 Å². The summed E-state index contributed by atoms with van der Waals surface area (Å²) in [5, 5.41) is 14.1. The molecule has 1 amide bonds. The summed E-state index contributed by atoms with van der Waals surface area (Å²) in [6.07, 6.45) is 0.829. The third-order valence-corrected chi connectivity index (χ3v) is 4.29. The molecular formula is C17H21N3O2. The van der Waals surface area contributed by atoms with Crippen LogP contribution in [0.2, 0.25) is 0 Å². The Bertz CT molecular complexity index is 693. The highest BCUT2D eigenvalue weighted by Crippen LogP contribution is 2.29. The molecule has 1 unspecified atom stereocenters. The molecule has 2 heterocycles. The predicted octanol–water partition coefficient (Wildman–Crippen LogP) is 1.62. The third-order valence-electron chi connectivity index (χ3n) is 4.29. The number of amides is 1. The van der Waals surface area contributed by atoms with Crippen molar-refractivity contribution in [1.29, 1.82) is 0 Å². The molecule has 1 aromatic carbocycles. The van der Waals surface area contributed by atoms with Crippen molar-refractivity contribution in [2.75, 3.05) is 13.2 Å². The zero-order valence-corrected chi connectivity index (χ0v) is 13.0.